The SMILES string of the molecule is C=Cc1c(/C=C\C)c(C)c(-c2ccccc2)c2ccc(C)cc12.CC. The molecule has 0 heteroatoms. The van der Waals surface area contributed by atoms with Gasteiger partial charge in [-0.1, -0.05) is 92.7 Å². The quantitative estimate of drug-likeness (QED) is 0.459. The first-order valence-electron chi connectivity index (χ1n) is 9.04. The molecule has 0 aliphatic rings. The molecule has 0 spiro atoms. The Morgan fingerprint density at radius 1 is 0.840 bits per heavy atom. The van der Waals surface area contributed by atoms with Crippen LogP contribution in [-0.2, 0) is 0 Å². The number of fused-ring (bicyclic) bond motifs is 1. The zero-order valence-corrected chi connectivity index (χ0v) is 16.1. The molecule has 3 aromatic rings. The van der Waals surface area contributed by atoms with Crippen LogP contribution in [0.1, 0.15) is 43.0 Å². The molecular formula is C25H28. The van der Waals surface area contributed by atoms with Crippen molar-refractivity contribution in [1.29, 1.82) is 0 Å². The fraction of sp³-hybridized carbons (Fsp3) is 0.200. The van der Waals surface area contributed by atoms with Crippen LogP contribution in [0, 0.1) is 13.8 Å². The summed E-state index contributed by atoms with van der Waals surface area (Å²) < 4.78 is 0. The molecule has 0 fully saturated rings. The highest BCUT2D eigenvalue weighted by Gasteiger charge is 2.15. The molecule has 128 valence electrons. The van der Waals surface area contributed by atoms with E-state index in [2.05, 4.69) is 88.0 Å². The fourth-order valence-corrected chi connectivity index (χ4v) is 3.36. The summed E-state index contributed by atoms with van der Waals surface area (Å²) in [5.74, 6) is 0. The molecule has 0 bridgehead atoms. The molecule has 0 heterocycles. The van der Waals surface area contributed by atoms with Gasteiger partial charge in [0.05, 0.1) is 0 Å². The molecule has 0 N–H and O–H groups in total. The molecule has 25 heavy (non-hydrogen) atoms. The average Bonchev–Trinajstić information content (AvgIpc) is 2.65. The predicted molar refractivity (Wildman–Crippen MR) is 115 cm³/mol. The van der Waals surface area contributed by atoms with E-state index in [0.717, 1.165) is 0 Å². The zero-order valence-electron chi connectivity index (χ0n) is 16.1. The summed E-state index contributed by atoms with van der Waals surface area (Å²) in [5, 5.41) is 2.57. The van der Waals surface area contributed by atoms with Crippen LogP contribution >= 0.6 is 0 Å². The van der Waals surface area contributed by atoms with Gasteiger partial charge in [0.15, 0.2) is 0 Å². The predicted octanol–water partition coefficient (Wildman–Crippen LogP) is 7.83. The minimum Gasteiger partial charge on any atom is -0.0984 e. The molecule has 0 saturated heterocycles. The summed E-state index contributed by atoms with van der Waals surface area (Å²) in [6.07, 6.45) is 6.28. The topological polar surface area (TPSA) is 0 Å². The molecule has 0 aliphatic heterocycles. The standard InChI is InChI=1S/C23H22.C2H6/c1-5-10-20-17(4)23(18-11-8-7-9-12-18)21-14-13-16(3)15-22(21)19(20)6-2;1-2/h5-15H,2H2,1,3-4H3;1-2H3/b10-5-;. The second kappa shape index (κ2) is 8.48. The largest absolute Gasteiger partial charge is 0.0984 e. The van der Waals surface area contributed by atoms with E-state index in [1.54, 1.807) is 0 Å². The summed E-state index contributed by atoms with van der Waals surface area (Å²) in [4.78, 5) is 0. The minimum atomic E-state index is 1.22. The monoisotopic (exact) mass is 328 g/mol. The Bertz CT molecular complexity index is 896. The molecule has 0 amide bonds. The first kappa shape index (κ1) is 18.7. The zero-order chi connectivity index (χ0) is 18.4. The van der Waals surface area contributed by atoms with Crippen molar-refractivity contribution in [3.63, 3.8) is 0 Å². The highest BCUT2D eigenvalue weighted by molar-refractivity contribution is 6.05. The fourth-order valence-electron chi connectivity index (χ4n) is 3.36. The summed E-state index contributed by atoms with van der Waals surface area (Å²) in [6.45, 7) is 14.5. The van der Waals surface area contributed by atoms with Crippen molar-refractivity contribution in [3.05, 3.63) is 83.4 Å². The normalized spacial score (nSPS) is 10.6. The Morgan fingerprint density at radius 2 is 1.52 bits per heavy atom. The van der Waals surface area contributed by atoms with Crippen LogP contribution in [-0.4, -0.2) is 0 Å². The van der Waals surface area contributed by atoms with Gasteiger partial charge in [-0.15, -0.1) is 0 Å². The highest BCUT2D eigenvalue weighted by Crippen LogP contribution is 2.38. The maximum atomic E-state index is 4.06. The Morgan fingerprint density at radius 3 is 2.12 bits per heavy atom. The lowest BCUT2D eigenvalue weighted by atomic mass is 9.86. The molecule has 0 radical (unpaired) electrons. The maximum absolute atomic E-state index is 4.06. The van der Waals surface area contributed by atoms with Crippen molar-refractivity contribution >= 4 is 22.9 Å². The number of rotatable bonds is 3. The number of allylic oxidation sites excluding steroid dienone is 1. The minimum absolute atomic E-state index is 1.22. The van der Waals surface area contributed by atoms with Crippen molar-refractivity contribution in [2.45, 2.75) is 34.6 Å². The third-order valence-corrected chi connectivity index (χ3v) is 4.40. The smallest absolute Gasteiger partial charge is 0.00697 e. The number of hydrogen-bond donors (Lipinski definition) is 0. The molecular weight excluding hydrogens is 300 g/mol. The summed E-state index contributed by atoms with van der Waals surface area (Å²) >= 11 is 0. The van der Waals surface area contributed by atoms with Gasteiger partial charge in [0.1, 0.15) is 0 Å². The molecule has 3 rings (SSSR count). The van der Waals surface area contributed by atoms with Gasteiger partial charge in [0.2, 0.25) is 0 Å². The van der Waals surface area contributed by atoms with Gasteiger partial charge >= 0.3 is 0 Å². The van der Waals surface area contributed by atoms with Crippen molar-refractivity contribution in [2.24, 2.45) is 0 Å². The second-order valence-electron chi connectivity index (χ2n) is 5.95. The van der Waals surface area contributed by atoms with Gasteiger partial charge in [0.25, 0.3) is 0 Å². The third kappa shape index (κ3) is 3.58. The van der Waals surface area contributed by atoms with E-state index in [-0.39, 0.29) is 0 Å². The first-order valence-corrected chi connectivity index (χ1v) is 9.04. The molecule has 0 aromatic heterocycles. The van der Waals surface area contributed by atoms with Crippen molar-refractivity contribution in [2.75, 3.05) is 0 Å². The lowest BCUT2D eigenvalue weighted by Gasteiger charge is -2.18. The third-order valence-electron chi connectivity index (χ3n) is 4.40. The summed E-state index contributed by atoms with van der Waals surface area (Å²) in [6, 6.07) is 17.4. The Labute approximate surface area is 152 Å². The van der Waals surface area contributed by atoms with Crippen LogP contribution in [0.5, 0.6) is 0 Å². The maximum Gasteiger partial charge on any atom is -0.00697 e. The summed E-state index contributed by atoms with van der Waals surface area (Å²) in [7, 11) is 0. The van der Waals surface area contributed by atoms with Gasteiger partial charge in [-0.3, -0.25) is 0 Å². The first-order chi connectivity index (χ1) is 12.2. The van der Waals surface area contributed by atoms with E-state index in [4.69, 9.17) is 0 Å². The van der Waals surface area contributed by atoms with Gasteiger partial charge in [-0.25, -0.2) is 0 Å². The van der Waals surface area contributed by atoms with Crippen molar-refractivity contribution in [3.8, 4) is 11.1 Å². The highest BCUT2D eigenvalue weighted by atomic mass is 14.2. The number of aryl methyl sites for hydroxylation is 1. The molecule has 0 nitrogen and oxygen atoms in total. The Balaban J connectivity index is 0.00000109. The molecule has 0 aliphatic carbocycles. The number of hydrogen-bond acceptors (Lipinski definition) is 0. The van der Waals surface area contributed by atoms with E-state index in [1.165, 1.54) is 44.2 Å². The molecule has 0 unspecified atom stereocenters. The molecule has 0 atom stereocenters. The van der Waals surface area contributed by atoms with Crippen LogP contribution in [0.15, 0.2) is 61.2 Å². The van der Waals surface area contributed by atoms with E-state index >= 15 is 0 Å². The van der Waals surface area contributed by atoms with Gasteiger partial charge < -0.3 is 0 Å². The van der Waals surface area contributed by atoms with E-state index in [9.17, 15) is 0 Å². The average molecular weight is 328 g/mol. The summed E-state index contributed by atoms with van der Waals surface area (Å²) in [5.41, 5.74) is 7.65. The Hall–Kier alpha value is -2.60. The van der Waals surface area contributed by atoms with E-state index < -0.39 is 0 Å². The molecule has 0 saturated carbocycles. The second-order valence-corrected chi connectivity index (χ2v) is 5.95. The van der Waals surface area contributed by atoms with Gasteiger partial charge in [-0.2, -0.15) is 0 Å². The van der Waals surface area contributed by atoms with E-state index in [1.807, 2.05) is 19.9 Å². The van der Waals surface area contributed by atoms with Crippen LogP contribution in [0.4, 0.5) is 0 Å². The van der Waals surface area contributed by atoms with Gasteiger partial charge in [-0.05, 0) is 59.4 Å². The number of benzene rings is 3. The van der Waals surface area contributed by atoms with E-state index in [0.29, 0.717) is 0 Å². The van der Waals surface area contributed by atoms with Crippen molar-refractivity contribution in [1.82, 2.24) is 0 Å². The van der Waals surface area contributed by atoms with Gasteiger partial charge in [0, 0.05) is 0 Å². The lowest BCUT2D eigenvalue weighted by Crippen LogP contribution is -1.95. The van der Waals surface area contributed by atoms with Crippen LogP contribution in [0.2, 0.25) is 0 Å². The van der Waals surface area contributed by atoms with Crippen LogP contribution in [0.25, 0.3) is 34.1 Å². The molecule has 3 aromatic carbocycles. The lowest BCUT2D eigenvalue weighted by molar-refractivity contribution is 1.43. The Kier molecular flexibility index (Phi) is 6.36. The van der Waals surface area contributed by atoms with Crippen LogP contribution < -0.4 is 0 Å². The van der Waals surface area contributed by atoms with Crippen molar-refractivity contribution < 1.29 is 0 Å². The van der Waals surface area contributed by atoms with Crippen LogP contribution in [0.3, 0.4) is 0 Å².